The molecule has 0 saturated heterocycles. The van der Waals surface area contributed by atoms with E-state index < -0.39 is 12.3 Å². The Kier molecular flexibility index (Phi) is 2.61. The number of nitrogens with zero attached hydrogens (tertiary/aromatic N) is 1. The van der Waals surface area contributed by atoms with E-state index in [1.54, 1.807) is 6.92 Å². The van der Waals surface area contributed by atoms with Crippen LogP contribution in [0, 0.1) is 0 Å². The van der Waals surface area contributed by atoms with Crippen LogP contribution in [0.15, 0.2) is 4.99 Å². The van der Waals surface area contributed by atoms with E-state index in [0.29, 0.717) is 0 Å². The number of hydrogen-bond acceptors (Lipinski definition) is 3. The molecule has 1 amide bonds. The summed E-state index contributed by atoms with van der Waals surface area (Å²) in [5, 5.41) is 0. The molecule has 0 aromatic carbocycles. The van der Waals surface area contributed by atoms with Crippen LogP contribution in [0.2, 0.25) is 0 Å². The van der Waals surface area contributed by atoms with Gasteiger partial charge in [-0.25, -0.2) is 4.79 Å². The summed E-state index contributed by atoms with van der Waals surface area (Å²) in [5.74, 6) is 0. The van der Waals surface area contributed by atoms with E-state index in [-0.39, 0.29) is 0 Å². The molecule has 0 rings (SSSR count). The van der Waals surface area contributed by atoms with Crippen molar-refractivity contribution in [2.75, 3.05) is 0 Å². The van der Waals surface area contributed by atoms with E-state index in [2.05, 4.69) is 22.2 Å². The molecule has 0 spiro atoms. The van der Waals surface area contributed by atoms with E-state index in [1.165, 1.54) is 0 Å². The topological polar surface area (TPSA) is 64.7 Å². The molecule has 0 bridgehead atoms. The fourth-order valence-corrected chi connectivity index (χ4v) is 0.205. The third kappa shape index (κ3) is 3.14. The van der Waals surface area contributed by atoms with Crippen molar-refractivity contribution in [3.8, 4) is 0 Å². The second-order valence-corrected chi connectivity index (χ2v) is 1.22. The van der Waals surface area contributed by atoms with Crippen molar-refractivity contribution in [1.82, 2.24) is 0 Å². The summed E-state index contributed by atoms with van der Waals surface area (Å²) in [6.07, 6.45) is -1.36. The largest absolute Gasteiger partial charge is 0.424 e. The Labute approximate surface area is 47.3 Å². The molecule has 0 aliphatic heterocycles. The van der Waals surface area contributed by atoms with Crippen molar-refractivity contribution in [2.24, 2.45) is 10.7 Å². The van der Waals surface area contributed by atoms with E-state index in [9.17, 15) is 4.79 Å². The molecule has 0 aromatic rings. The third-order valence-corrected chi connectivity index (χ3v) is 0.544. The average molecular weight is 116 g/mol. The van der Waals surface area contributed by atoms with Crippen LogP contribution in [0.3, 0.4) is 0 Å². The molecular formula is C4H8N2O2. The first-order valence-electron chi connectivity index (χ1n) is 2.08. The maximum absolute atomic E-state index is 9.88. The quantitative estimate of drug-likeness (QED) is 0.521. The van der Waals surface area contributed by atoms with Crippen LogP contribution in [0.4, 0.5) is 4.79 Å². The van der Waals surface area contributed by atoms with Gasteiger partial charge in [0.2, 0.25) is 0 Å². The number of ether oxygens (including phenoxy) is 1. The number of hydrogen-bond donors (Lipinski definition) is 1. The normalized spacial score (nSPS) is 12.1. The number of aliphatic imine (C=N–C) groups is 1. The first kappa shape index (κ1) is 6.94. The Bertz CT molecular complexity index is 102. The number of primary amides is 1. The summed E-state index contributed by atoms with van der Waals surface area (Å²) >= 11 is 0. The van der Waals surface area contributed by atoms with Crippen molar-refractivity contribution in [2.45, 2.75) is 13.2 Å². The molecule has 0 fully saturated rings. The summed E-state index contributed by atoms with van der Waals surface area (Å²) in [6.45, 7) is 4.70. The van der Waals surface area contributed by atoms with E-state index >= 15 is 0 Å². The molecular weight excluding hydrogens is 108 g/mol. The van der Waals surface area contributed by atoms with Gasteiger partial charge in [0.15, 0.2) is 6.23 Å². The minimum Gasteiger partial charge on any atom is -0.424 e. The van der Waals surface area contributed by atoms with Gasteiger partial charge >= 0.3 is 6.09 Å². The monoisotopic (exact) mass is 116 g/mol. The summed E-state index contributed by atoms with van der Waals surface area (Å²) in [7, 11) is 0. The lowest BCUT2D eigenvalue weighted by Crippen LogP contribution is -2.18. The summed E-state index contributed by atoms with van der Waals surface area (Å²) in [5.41, 5.74) is 4.62. The van der Waals surface area contributed by atoms with Gasteiger partial charge in [0, 0.05) is 0 Å². The zero-order valence-corrected chi connectivity index (χ0v) is 4.63. The van der Waals surface area contributed by atoms with Gasteiger partial charge in [0.25, 0.3) is 0 Å². The second kappa shape index (κ2) is 3.01. The highest BCUT2D eigenvalue weighted by atomic mass is 16.6. The predicted octanol–water partition coefficient (Wildman–Crippen LogP) is 0.128. The molecule has 4 nitrogen and oxygen atoms in total. The molecule has 0 heterocycles. The maximum Gasteiger partial charge on any atom is 0.406 e. The van der Waals surface area contributed by atoms with Gasteiger partial charge in [0.05, 0.1) is 0 Å². The molecule has 0 aliphatic rings. The van der Waals surface area contributed by atoms with Crippen molar-refractivity contribution in [3.05, 3.63) is 0 Å². The van der Waals surface area contributed by atoms with E-state index in [1.807, 2.05) is 0 Å². The van der Waals surface area contributed by atoms with Gasteiger partial charge in [-0.3, -0.25) is 4.99 Å². The van der Waals surface area contributed by atoms with Crippen molar-refractivity contribution in [1.29, 1.82) is 0 Å². The zero-order valence-electron chi connectivity index (χ0n) is 4.63. The van der Waals surface area contributed by atoms with Gasteiger partial charge in [-0.2, -0.15) is 0 Å². The third-order valence-electron chi connectivity index (χ3n) is 0.544. The van der Waals surface area contributed by atoms with Crippen LogP contribution in [-0.2, 0) is 4.74 Å². The first-order valence-corrected chi connectivity index (χ1v) is 2.08. The Hall–Kier alpha value is -1.06. The number of nitrogens with two attached hydrogens (primary N) is 1. The molecule has 0 saturated carbocycles. The minimum atomic E-state index is -0.829. The second-order valence-electron chi connectivity index (χ2n) is 1.22. The number of amides is 1. The standard InChI is InChI=1S/C4H8N2O2/c1-3(6-2)8-4(5)7/h3H,2H2,1H3,(H2,5,7)/t3-/m1/s1. The fraction of sp³-hybridized carbons (Fsp3) is 0.500. The summed E-state index contributed by atoms with van der Waals surface area (Å²) < 4.78 is 4.31. The lowest BCUT2D eigenvalue weighted by molar-refractivity contribution is 0.121. The lowest BCUT2D eigenvalue weighted by Gasteiger charge is -2.02. The highest BCUT2D eigenvalue weighted by molar-refractivity contribution is 5.64. The Morgan fingerprint density at radius 3 is 2.62 bits per heavy atom. The van der Waals surface area contributed by atoms with Crippen molar-refractivity contribution in [3.63, 3.8) is 0 Å². The number of carbonyl (C=O) groups excluding carboxylic acids is 1. The molecule has 8 heavy (non-hydrogen) atoms. The zero-order chi connectivity index (χ0) is 6.57. The molecule has 4 heteroatoms. The lowest BCUT2D eigenvalue weighted by atomic mass is 10.7. The van der Waals surface area contributed by atoms with Crippen molar-refractivity contribution >= 4 is 12.8 Å². The molecule has 0 aromatic heterocycles. The molecule has 2 N–H and O–H groups in total. The molecule has 0 radical (unpaired) electrons. The summed E-state index contributed by atoms with van der Waals surface area (Å²) in [6, 6.07) is 0. The van der Waals surface area contributed by atoms with Crippen LogP contribution in [0.1, 0.15) is 6.92 Å². The Morgan fingerprint density at radius 2 is 2.50 bits per heavy atom. The van der Waals surface area contributed by atoms with Crippen LogP contribution in [-0.4, -0.2) is 19.0 Å². The molecule has 46 valence electrons. The van der Waals surface area contributed by atoms with Crippen LogP contribution in [0.25, 0.3) is 0 Å². The average Bonchev–Trinajstić information content (AvgIpc) is 1.65. The van der Waals surface area contributed by atoms with Crippen LogP contribution < -0.4 is 5.73 Å². The van der Waals surface area contributed by atoms with Gasteiger partial charge in [-0.15, -0.1) is 0 Å². The predicted molar refractivity (Wildman–Crippen MR) is 29.7 cm³/mol. The van der Waals surface area contributed by atoms with Gasteiger partial charge in [-0.1, -0.05) is 0 Å². The van der Waals surface area contributed by atoms with Crippen molar-refractivity contribution < 1.29 is 9.53 Å². The first-order chi connectivity index (χ1) is 3.66. The molecule has 0 unspecified atom stereocenters. The van der Waals surface area contributed by atoms with Crippen LogP contribution >= 0.6 is 0 Å². The fourth-order valence-electron chi connectivity index (χ4n) is 0.205. The smallest absolute Gasteiger partial charge is 0.406 e. The molecule has 0 aliphatic carbocycles. The molecule has 1 atom stereocenters. The van der Waals surface area contributed by atoms with Gasteiger partial charge < -0.3 is 10.5 Å². The summed E-state index contributed by atoms with van der Waals surface area (Å²) in [4.78, 5) is 13.2. The highest BCUT2D eigenvalue weighted by Gasteiger charge is 1.98. The Morgan fingerprint density at radius 1 is 2.00 bits per heavy atom. The number of carbonyl (C=O) groups is 1. The van der Waals surface area contributed by atoms with Gasteiger partial charge in [0.1, 0.15) is 0 Å². The van der Waals surface area contributed by atoms with E-state index in [0.717, 1.165) is 0 Å². The Balaban J connectivity index is 3.38. The maximum atomic E-state index is 9.88. The van der Waals surface area contributed by atoms with Gasteiger partial charge in [-0.05, 0) is 13.6 Å². The van der Waals surface area contributed by atoms with Crippen LogP contribution in [0.5, 0.6) is 0 Å². The van der Waals surface area contributed by atoms with E-state index in [4.69, 9.17) is 0 Å². The number of rotatable bonds is 2. The SMILES string of the molecule is C=N[C@@H](C)OC(N)=O. The minimum absolute atomic E-state index is 0.535. The highest BCUT2D eigenvalue weighted by Crippen LogP contribution is 1.87.